The molecule has 0 amide bonds. The summed E-state index contributed by atoms with van der Waals surface area (Å²) in [7, 11) is -1.49. The Morgan fingerprint density at radius 3 is 1.88 bits per heavy atom. The minimum Gasteiger partial charge on any atom is -0.525 e. The van der Waals surface area contributed by atoms with E-state index >= 15 is 0 Å². The molecule has 0 heterocycles. The molecule has 4 heteroatoms. The molecular weight excluding hydrogens is 138 g/mol. The van der Waals surface area contributed by atoms with Crippen molar-refractivity contribution in [3.05, 3.63) is 0 Å². The van der Waals surface area contributed by atoms with Crippen LogP contribution in [0.25, 0.3) is 0 Å². The van der Waals surface area contributed by atoms with E-state index in [2.05, 4.69) is 12.2 Å². The fraction of sp³-hybridized carbons (Fsp3) is 0.750. The Morgan fingerprint density at radius 1 is 1.50 bits per heavy atom. The van der Waals surface area contributed by atoms with Gasteiger partial charge < -0.3 is 10.2 Å². The highest BCUT2D eigenvalue weighted by Gasteiger charge is 2.15. The molecule has 0 aromatic rings. The van der Waals surface area contributed by atoms with Gasteiger partial charge in [-0.3, -0.25) is 0 Å². The summed E-state index contributed by atoms with van der Waals surface area (Å²) in [4.78, 5) is 0. The van der Waals surface area contributed by atoms with E-state index in [9.17, 15) is 0 Å². The highest BCUT2D eigenvalue weighted by atomic mass is 32.1. The van der Waals surface area contributed by atoms with Gasteiger partial charge in [0.15, 0.2) is 0 Å². The molecule has 0 aromatic heterocycles. The molecule has 0 radical (unpaired) electrons. The Kier molecular flexibility index (Phi) is 2.43. The van der Waals surface area contributed by atoms with E-state index < -0.39 is 8.32 Å². The summed E-state index contributed by atoms with van der Waals surface area (Å²) in [5, 5.41) is 0.171. The summed E-state index contributed by atoms with van der Waals surface area (Å²) in [5.74, 6) is 0. The van der Waals surface area contributed by atoms with Crippen molar-refractivity contribution in [3.8, 4) is 0 Å². The second-order valence-electron chi connectivity index (χ2n) is 2.53. The third-order valence-electron chi connectivity index (χ3n) is 0.407. The van der Waals surface area contributed by atoms with Crippen molar-refractivity contribution in [2.75, 3.05) is 0 Å². The molecule has 2 N–H and O–H groups in total. The maximum absolute atomic E-state index is 5.12. The topological polar surface area (TPSA) is 35.2 Å². The van der Waals surface area contributed by atoms with E-state index in [0.717, 1.165) is 0 Å². The number of nitrogens with two attached hydrogens (primary N) is 1. The summed E-state index contributed by atoms with van der Waals surface area (Å²) in [5.41, 5.74) is 5.12. The van der Waals surface area contributed by atoms with Crippen LogP contribution in [0.15, 0.2) is 0 Å². The maximum atomic E-state index is 5.12. The van der Waals surface area contributed by atoms with E-state index in [1.54, 1.807) is 0 Å². The molecule has 0 saturated heterocycles. The van der Waals surface area contributed by atoms with Crippen molar-refractivity contribution in [3.63, 3.8) is 0 Å². The third kappa shape index (κ3) is 5.91. The number of thiocarbonyl (C=S) groups is 1. The van der Waals surface area contributed by atoms with Gasteiger partial charge in [0.25, 0.3) is 0 Å². The Hall–Kier alpha value is -0.0931. The Morgan fingerprint density at radius 2 is 1.88 bits per heavy atom. The molecule has 2 nitrogen and oxygen atoms in total. The molecule has 0 fully saturated rings. The van der Waals surface area contributed by atoms with Gasteiger partial charge >= 0.3 is 0 Å². The third-order valence-corrected chi connectivity index (χ3v) is 1.47. The fourth-order valence-electron chi connectivity index (χ4n) is 0.302. The molecule has 0 saturated carbocycles. The van der Waals surface area contributed by atoms with Crippen LogP contribution < -0.4 is 5.73 Å². The van der Waals surface area contributed by atoms with Crippen LogP contribution >= 0.6 is 12.2 Å². The molecule has 0 aliphatic heterocycles. The lowest BCUT2D eigenvalue weighted by atomic mass is 11.4. The summed E-state index contributed by atoms with van der Waals surface area (Å²) >= 11 is 4.53. The molecule has 0 aliphatic carbocycles. The molecule has 0 atom stereocenters. The summed E-state index contributed by atoms with van der Waals surface area (Å²) < 4.78 is 5.09. The number of rotatable bonds is 1. The van der Waals surface area contributed by atoms with Gasteiger partial charge in [-0.15, -0.1) is 0 Å². The van der Waals surface area contributed by atoms with Crippen LogP contribution in [0.3, 0.4) is 0 Å². The van der Waals surface area contributed by atoms with Crippen LogP contribution in [0.1, 0.15) is 0 Å². The van der Waals surface area contributed by atoms with Crippen molar-refractivity contribution < 1.29 is 4.43 Å². The molecule has 8 heavy (non-hydrogen) atoms. The van der Waals surface area contributed by atoms with Crippen LogP contribution in [-0.2, 0) is 4.43 Å². The highest BCUT2D eigenvalue weighted by molar-refractivity contribution is 7.80. The van der Waals surface area contributed by atoms with Crippen LogP contribution in [0, 0.1) is 0 Å². The number of hydrogen-bond donors (Lipinski definition) is 1. The quantitative estimate of drug-likeness (QED) is 0.447. The minimum atomic E-state index is -1.49. The van der Waals surface area contributed by atoms with Gasteiger partial charge in [-0.05, 0) is 31.9 Å². The average molecular weight is 149 g/mol. The van der Waals surface area contributed by atoms with Crippen LogP contribution in [0.4, 0.5) is 0 Å². The molecular formula is C4H11NOSSi. The van der Waals surface area contributed by atoms with Gasteiger partial charge in [-0.1, -0.05) is 0 Å². The maximum Gasteiger partial charge on any atom is 0.245 e. The van der Waals surface area contributed by atoms with E-state index in [1.165, 1.54) is 0 Å². The van der Waals surface area contributed by atoms with Gasteiger partial charge in [-0.2, -0.15) is 0 Å². The fourth-order valence-corrected chi connectivity index (χ4v) is 1.66. The van der Waals surface area contributed by atoms with Crippen LogP contribution in [-0.4, -0.2) is 13.5 Å². The van der Waals surface area contributed by atoms with Gasteiger partial charge in [-0.25, -0.2) is 0 Å². The first-order valence-corrected chi connectivity index (χ1v) is 6.22. The van der Waals surface area contributed by atoms with Gasteiger partial charge in [0, 0.05) is 0 Å². The highest BCUT2D eigenvalue weighted by Crippen LogP contribution is 2.00. The predicted molar refractivity (Wildman–Crippen MR) is 41.2 cm³/mol. The SMILES string of the molecule is C[Si](C)(C)OC(N)=S. The molecule has 0 aromatic carbocycles. The summed E-state index contributed by atoms with van der Waals surface area (Å²) in [6.07, 6.45) is 0. The Balaban J connectivity index is 3.55. The van der Waals surface area contributed by atoms with Gasteiger partial charge in [0.05, 0.1) is 0 Å². The summed E-state index contributed by atoms with van der Waals surface area (Å²) in [6, 6.07) is 0. The van der Waals surface area contributed by atoms with Crippen molar-refractivity contribution >= 4 is 25.7 Å². The molecule has 48 valence electrons. The first-order chi connectivity index (χ1) is 3.42. The normalized spacial score (nSPS) is 10.9. The zero-order chi connectivity index (χ0) is 6.78. The van der Waals surface area contributed by atoms with Crippen molar-refractivity contribution in [2.45, 2.75) is 19.6 Å². The lowest BCUT2D eigenvalue weighted by molar-refractivity contribution is 0.559. The standard InChI is InChI=1S/C4H11NOSSi/c1-8(2,3)6-4(5)7/h1-3H3,(H2,5,7). The second-order valence-corrected chi connectivity index (χ2v) is 7.36. The molecule has 0 rings (SSSR count). The Bertz CT molecular complexity index is 98.7. The lowest BCUT2D eigenvalue weighted by Gasteiger charge is -2.16. The van der Waals surface area contributed by atoms with Crippen LogP contribution in [0.2, 0.25) is 19.6 Å². The van der Waals surface area contributed by atoms with E-state index in [1.807, 2.05) is 19.6 Å². The summed E-state index contributed by atoms with van der Waals surface area (Å²) in [6.45, 7) is 6.10. The van der Waals surface area contributed by atoms with Gasteiger partial charge in [0.1, 0.15) is 0 Å². The first-order valence-electron chi connectivity index (χ1n) is 2.40. The van der Waals surface area contributed by atoms with E-state index in [4.69, 9.17) is 10.2 Å². The molecule has 0 bridgehead atoms. The number of hydrogen-bond acceptors (Lipinski definition) is 2. The van der Waals surface area contributed by atoms with E-state index in [0.29, 0.717) is 0 Å². The average Bonchev–Trinajstić information content (AvgIpc) is 1.21. The largest absolute Gasteiger partial charge is 0.525 e. The van der Waals surface area contributed by atoms with Crippen molar-refractivity contribution in [1.29, 1.82) is 0 Å². The molecule has 0 spiro atoms. The lowest BCUT2D eigenvalue weighted by Crippen LogP contribution is -2.31. The first kappa shape index (κ1) is 7.91. The smallest absolute Gasteiger partial charge is 0.245 e. The zero-order valence-electron chi connectivity index (χ0n) is 5.39. The monoisotopic (exact) mass is 149 g/mol. The predicted octanol–water partition coefficient (Wildman–Crippen LogP) is 1.08. The molecule has 0 aliphatic rings. The second kappa shape index (κ2) is 2.46. The zero-order valence-corrected chi connectivity index (χ0v) is 7.21. The Labute approximate surface area is 56.2 Å². The minimum absolute atomic E-state index is 0.171. The van der Waals surface area contributed by atoms with Crippen molar-refractivity contribution in [1.82, 2.24) is 0 Å². The molecule has 0 unspecified atom stereocenters. The van der Waals surface area contributed by atoms with E-state index in [-0.39, 0.29) is 5.17 Å². The van der Waals surface area contributed by atoms with Crippen LogP contribution in [0.5, 0.6) is 0 Å². The van der Waals surface area contributed by atoms with Crippen molar-refractivity contribution in [2.24, 2.45) is 5.73 Å². The van der Waals surface area contributed by atoms with Gasteiger partial charge in [0.2, 0.25) is 13.5 Å².